The number of ether oxygens (including phenoxy) is 1. The Labute approximate surface area is 146 Å². The van der Waals surface area contributed by atoms with E-state index in [0.29, 0.717) is 16.3 Å². The molecule has 0 aliphatic heterocycles. The SMILES string of the molecule is Cc1ccc(OC(C)C(=O)Nc2sc3c(c2C#N)CCCC3)cc1. The first-order chi connectivity index (χ1) is 11.6. The summed E-state index contributed by atoms with van der Waals surface area (Å²) < 4.78 is 5.69. The first kappa shape index (κ1) is 16.5. The van der Waals surface area contributed by atoms with E-state index in [9.17, 15) is 10.1 Å². The van der Waals surface area contributed by atoms with E-state index >= 15 is 0 Å². The quantitative estimate of drug-likeness (QED) is 0.907. The highest BCUT2D eigenvalue weighted by Gasteiger charge is 2.23. The molecule has 5 heteroatoms. The minimum absolute atomic E-state index is 0.231. The lowest BCUT2D eigenvalue weighted by molar-refractivity contribution is -0.122. The predicted octanol–water partition coefficient (Wildman–Crippen LogP) is 4.21. The third-order valence-corrected chi connectivity index (χ3v) is 5.43. The van der Waals surface area contributed by atoms with Crippen LogP contribution in [-0.4, -0.2) is 12.0 Å². The molecule has 1 unspecified atom stereocenters. The molecule has 1 aromatic carbocycles. The number of thiophene rings is 1. The molecule has 0 saturated carbocycles. The molecule has 1 heterocycles. The molecule has 24 heavy (non-hydrogen) atoms. The van der Waals surface area contributed by atoms with E-state index in [-0.39, 0.29) is 5.91 Å². The van der Waals surface area contributed by atoms with Crippen molar-refractivity contribution in [1.29, 1.82) is 5.26 Å². The Bertz CT molecular complexity index is 787. The topological polar surface area (TPSA) is 62.1 Å². The first-order valence-electron chi connectivity index (χ1n) is 8.17. The van der Waals surface area contributed by atoms with Crippen molar-refractivity contribution in [3.05, 3.63) is 45.8 Å². The number of benzene rings is 1. The molecule has 1 aromatic heterocycles. The summed E-state index contributed by atoms with van der Waals surface area (Å²) in [6.45, 7) is 3.72. The molecule has 3 rings (SSSR count). The van der Waals surface area contributed by atoms with Gasteiger partial charge in [0.15, 0.2) is 6.10 Å². The maximum absolute atomic E-state index is 12.4. The van der Waals surface area contributed by atoms with Gasteiger partial charge in [0.05, 0.1) is 5.56 Å². The van der Waals surface area contributed by atoms with E-state index in [4.69, 9.17) is 4.74 Å². The van der Waals surface area contributed by atoms with Crippen LogP contribution in [0.1, 0.15) is 41.3 Å². The molecule has 1 amide bonds. The van der Waals surface area contributed by atoms with Crippen LogP contribution in [0.5, 0.6) is 5.75 Å². The van der Waals surface area contributed by atoms with E-state index in [1.807, 2.05) is 31.2 Å². The molecule has 0 radical (unpaired) electrons. The van der Waals surface area contributed by atoms with Gasteiger partial charge in [0.2, 0.25) is 0 Å². The molecule has 1 N–H and O–H groups in total. The van der Waals surface area contributed by atoms with Crippen LogP contribution in [-0.2, 0) is 17.6 Å². The average Bonchev–Trinajstić information content (AvgIpc) is 2.93. The van der Waals surface area contributed by atoms with Crippen molar-refractivity contribution in [2.45, 2.75) is 45.6 Å². The second kappa shape index (κ2) is 7.06. The van der Waals surface area contributed by atoms with Gasteiger partial charge in [-0.15, -0.1) is 11.3 Å². The Morgan fingerprint density at radius 3 is 2.71 bits per heavy atom. The van der Waals surface area contributed by atoms with E-state index < -0.39 is 6.10 Å². The molecule has 0 bridgehead atoms. The van der Waals surface area contributed by atoms with Gasteiger partial charge in [0.25, 0.3) is 5.91 Å². The van der Waals surface area contributed by atoms with E-state index in [0.717, 1.165) is 36.8 Å². The van der Waals surface area contributed by atoms with Gasteiger partial charge >= 0.3 is 0 Å². The molecule has 1 aliphatic rings. The summed E-state index contributed by atoms with van der Waals surface area (Å²) in [5.74, 6) is 0.430. The number of nitrogens with one attached hydrogen (secondary N) is 1. The number of nitriles is 1. The van der Waals surface area contributed by atoms with Gasteiger partial charge in [-0.25, -0.2) is 0 Å². The van der Waals surface area contributed by atoms with E-state index in [2.05, 4.69) is 11.4 Å². The lowest BCUT2D eigenvalue weighted by Gasteiger charge is -2.14. The number of nitrogens with zero attached hydrogens (tertiary/aromatic N) is 1. The average molecular weight is 340 g/mol. The van der Waals surface area contributed by atoms with Crippen molar-refractivity contribution in [1.82, 2.24) is 0 Å². The minimum Gasteiger partial charge on any atom is -0.481 e. The van der Waals surface area contributed by atoms with Crippen LogP contribution in [0.2, 0.25) is 0 Å². The lowest BCUT2D eigenvalue weighted by Crippen LogP contribution is -2.30. The fraction of sp³-hybridized carbons (Fsp3) is 0.368. The van der Waals surface area contributed by atoms with Gasteiger partial charge in [-0.2, -0.15) is 5.26 Å². The zero-order chi connectivity index (χ0) is 17.1. The first-order valence-corrected chi connectivity index (χ1v) is 8.99. The monoisotopic (exact) mass is 340 g/mol. The predicted molar refractivity (Wildman–Crippen MR) is 95.6 cm³/mol. The van der Waals surface area contributed by atoms with Crippen molar-refractivity contribution >= 4 is 22.2 Å². The van der Waals surface area contributed by atoms with E-state index in [1.165, 1.54) is 16.2 Å². The molecule has 2 aromatic rings. The molecular weight excluding hydrogens is 320 g/mol. The maximum atomic E-state index is 12.4. The summed E-state index contributed by atoms with van der Waals surface area (Å²) >= 11 is 1.53. The minimum atomic E-state index is -0.627. The fourth-order valence-electron chi connectivity index (χ4n) is 2.86. The molecule has 0 fully saturated rings. The zero-order valence-corrected chi connectivity index (χ0v) is 14.7. The van der Waals surface area contributed by atoms with Crippen LogP contribution < -0.4 is 10.1 Å². The highest BCUT2D eigenvalue weighted by atomic mass is 32.1. The molecule has 0 saturated heterocycles. The summed E-state index contributed by atoms with van der Waals surface area (Å²) in [6.07, 6.45) is 3.57. The molecular formula is C19H20N2O2S. The highest BCUT2D eigenvalue weighted by molar-refractivity contribution is 7.16. The largest absolute Gasteiger partial charge is 0.481 e. The normalized spacial score (nSPS) is 14.4. The van der Waals surface area contributed by atoms with Crippen molar-refractivity contribution in [3.63, 3.8) is 0 Å². The van der Waals surface area contributed by atoms with E-state index in [1.54, 1.807) is 6.92 Å². The fourth-order valence-corrected chi connectivity index (χ4v) is 4.10. The van der Waals surface area contributed by atoms with Crippen LogP contribution in [0.4, 0.5) is 5.00 Å². The van der Waals surface area contributed by atoms with Crippen molar-refractivity contribution < 1.29 is 9.53 Å². The number of aryl methyl sites for hydroxylation is 2. The summed E-state index contributed by atoms with van der Waals surface area (Å²) in [6, 6.07) is 9.85. The lowest BCUT2D eigenvalue weighted by atomic mass is 9.96. The van der Waals surface area contributed by atoms with Crippen LogP contribution >= 0.6 is 11.3 Å². The molecule has 1 atom stereocenters. The number of hydrogen-bond acceptors (Lipinski definition) is 4. The number of carbonyl (C=O) groups excluding carboxylic acids is 1. The smallest absolute Gasteiger partial charge is 0.265 e. The number of rotatable bonds is 4. The van der Waals surface area contributed by atoms with Crippen molar-refractivity contribution in [3.8, 4) is 11.8 Å². The molecule has 1 aliphatic carbocycles. The van der Waals surface area contributed by atoms with Gasteiger partial charge < -0.3 is 10.1 Å². The van der Waals surface area contributed by atoms with Crippen LogP contribution in [0.25, 0.3) is 0 Å². The maximum Gasteiger partial charge on any atom is 0.265 e. The zero-order valence-electron chi connectivity index (χ0n) is 13.9. The van der Waals surface area contributed by atoms with Gasteiger partial charge in [0.1, 0.15) is 16.8 Å². The van der Waals surface area contributed by atoms with Crippen LogP contribution in [0, 0.1) is 18.3 Å². The summed E-state index contributed by atoms with van der Waals surface area (Å²) in [7, 11) is 0. The molecule has 124 valence electrons. The second-order valence-electron chi connectivity index (χ2n) is 6.09. The third-order valence-electron chi connectivity index (χ3n) is 4.22. The Morgan fingerprint density at radius 1 is 1.29 bits per heavy atom. The van der Waals surface area contributed by atoms with Crippen LogP contribution in [0.15, 0.2) is 24.3 Å². The molecule has 4 nitrogen and oxygen atoms in total. The van der Waals surface area contributed by atoms with Gasteiger partial charge in [-0.05, 0) is 57.2 Å². The number of carbonyl (C=O) groups is 1. The Kier molecular flexibility index (Phi) is 4.86. The van der Waals surface area contributed by atoms with Gasteiger partial charge in [-0.1, -0.05) is 17.7 Å². The summed E-state index contributed by atoms with van der Waals surface area (Å²) in [5, 5.41) is 13.0. The standard InChI is InChI=1S/C19H20N2O2S/c1-12-7-9-14(10-8-12)23-13(2)18(22)21-19-16(11-20)15-5-3-4-6-17(15)24-19/h7-10,13H,3-6H2,1-2H3,(H,21,22). The van der Waals surface area contributed by atoms with Gasteiger partial charge in [-0.3, -0.25) is 4.79 Å². The molecule has 0 spiro atoms. The van der Waals surface area contributed by atoms with Crippen molar-refractivity contribution in [2.75, 3.05) is 5.32 Å². The Hall–Kier alpha value is -2.32. The third kappa shape index (κ3) is 3.44. The summed E-state index contributed by atoms with van der Waals surface area (Å²) in [5.41, 5.74) is 2.89. The Balaban J connectivity index is 1.71. The highest BCUT2D eigenvalue weighted by Crippen LogP contribution is 2.37. The summed E-state index contributed by atoms with van der Waals surface area (Å²) in [4.78, 5) is 13.7. The number of amides is 1. The Morgan fingerprint density at radius 2 is 2.00 bits per heavy atom. The van der Waals surface area contributed by atoms with Crippen LogP contribution in [0.3, 0.4) is 0 Å². The number of anilines is 1. The number of fused-ring (bicyclic) bond motifs is 1. The van der Waals surface area contributed by atoms with Crippen molar-refractivity contribution in [2.24, 2.45) is 0 Å². The van der Waals surface area contributed by atoms with Gasteiger partial charge in [0, 0.05) is 4.88 Å². The number of hydrogen-bond donors (Lipinski definition) is 1. The second-order valence-corrected chi connectivity index (χ2v) is 7.19.